The van der Waals surface area contributed by atoms with Crippen molar-refractivity contribution in [3.05, 3.63) is 34.9 Å². The lowest BCUT2D eigenvalue weighted by molar-refractivity contribution is 0.180. The van der Waals surface area contributed by atoms with Crippen molar-refractivity contribution >= 4 is 17.6 Å². The number of aliphatic imine (C=N–C) groups is 1. The van der Waals surface area contributed by atoms with Crippen molar-refractivity contribution in [3.8, 4) is 0 Å². The molecule has 30 heavy (non-hydrogen) atoms. The molecule has 2 heterocycles. The maximum atomic E-state index is 6.33. The third-order valence-electron chi connectivity index (χ3n) is 6.84. The highest BCUT2D eigenvalue weighted by Gasteiger charge is 2.32. The van der Waals surface area contributed by atoms with Crippen molar-refractivity contribution in [1.82, 2.24) is 20.4 Å². The van der Waals surface area contributed by atoms with Crippen LogP contribution in [0.3, 0.4) is 0 Å². The van der Waals surface area contributed by atoms with Crippen molar-refractivity contribution in [2.24, 2.45) is 10.9 Å². The molecule has 5 nitrogen and oxygen atoms in total. The van der Waals surface area contributed by atoms with Gasteiger partial charge in [-0.15, -0.1) is 0 Å². The second kappa shape index (κ2) is 10.8. The summed E-state index contributed by atoms with van der Waals surface area (Å²) in [6.45, 7) is 9.71. The molecule has 3 aliphatic rings. The minimum Gasteiger partial charge on any atom is -0.357 e. The normalized spacial score (nSPS) is 22.9. The minimum atomic E-state index is 0.565. The molecule has 6 heteroatoms. The maximum Gasteiger partial charge on any atom is 0.191 e. The Kier molecular flexibility index (Phi) is 7.91. The van der Waals surface area contributed by atoms with Gasteiger partial charge in [0.05, 0.1) is 0 Å². The lowest BCUT2D eigenvalue weighted by Crippen LogP contribution is -2.49. The quantitative estimate of drug-likeness (QED) is 0.510. The highest BCUT2D eigenvalue weighted by atomic mass is 35.5. The summed E-state index contributed by atoms with van der Waals surface area (Å²) in [5.74, 6) is 1.69. The summed E-state index contributed by atoms with van der Waals surface area (Å²) < 4.78 is 0. The first-order chi connectivity index (χ1) is 14.7. The van der Waals surface area contributed by atoms with E-state index in [1.165, 1.54) is 57.2 Å². The number of guanidine groups is 1. The largest absolute Gasteiger partial charge is 0.357 e. The summed E-state index contributed by atoms with van der Waals surface area (Å²) in [5.41, 5.74) is 1.24. The van der Waals surface area contributed by atoms with E-state index in [0.29, 0.717) is 12.0 Å². The molecule has 1 saturated carbocycles. The molecule has 1 aromatic rings. The summed E-state index contributed by atoms with van der Waals surface area (Å²) in [6.07, 6.45) is 7.74. The molecule has 0 bridgehead atoms. The summed E-state index contributed by atoms with van der Waals surface area (Å²) in [5, 5.41) is 8.06. The van der Waals surface area contributed by atoms with E-state index in [-0.39, 0.29) is 0 Å². The number of rotatable bonds is 7. The SMILES string of the molecule is CCNC(=NCC1CCN(Cc2ccccc2Cl)CC1)NC1CCN(C2CC2)CC1. The van der Waals surface area contributed by atoms with Crippen molar-refractivity contribution in [2.75, 3.05) is 39.3 Å². The fraction of sp³-hybridized carbons (Fsp3) is 0.708. The maximum absolute atomic E-state index is 6.33. The smallest absolute Gasteiger partial charge is 0.191 e. The van der Waals surface area contributed by atoms with Crippen molar-refractivity contribution < 1.29 is 0 Å². The van der Waals surface area contributed by atoms with Crippen LogP contribution in [0.1, 0.15) is 51.0 Å². The molecular formula is C24H38ClN5. The lowest BCUT2D eigenvalue weighted by Gasteiger charge is -2.33. The molecule has 1 aliphatic carbocycles. The van der Waals surface area contributed by atoms with Gasteiger partial charge in [0.25, 0.3) is 0 Å². The van der Waals surface area contributed by atoms with Gasteiger partial charge in [0.1, 0.15) is 0 Å². The molecule has 2 saturated heterocycles. The third-order valence-corrected chi connectivity index (χ3v) is 7.21. The molecule has 3 fully saturated rings. The zero-order valence-corrected chi connectivity index (χ0v) is 19.2. The van der Waals surface area contributed by atoms with Crippen molar-refractivity contribution in [3.63, 3.8) is 0 Å². The first-order valence-electron chi connectivity index (χ1n) is 12.0. The van der Waals surface area contributed by atoms with E-state index in [4.69, 9.17) is 16.6 Å². The molecule has 166 valence electrons. The van der Waals surface area contributed by atoms with E-state index < -0.39 is 0 Å². The molecular weight excluding hydrogens is 394 g/mol. The fourth-order valence-corrected chi connectivity index (χ4v) is 4.97. The van der Waals surface area contributed by atoms with Gasteiger partial charge in [-0.2, -0.15) is 0 Å². The molecule has 1 aromatic carbocycles. The van der Waals surface area contributed by atoms with Crippen LogP contribution >= 0.6 is 11.6 Å². The summed E-state index contributed by atoms with van der Waals surface area (Å²) in [4.78, 5) is 10.2. The Morgan fingerprint density at radius 3 is 2.43 bits per heavy atom. The number of hydrogen-bond donors (Lipinski definition) is 2. The Hall–Kier alpha value is -1.30. The second-order valence-electron chi connectivity index (χ2n) is 9.22. The Labute approximate surface area is 187 Å². The number of halogens is 1. The summed E-state index contributed by atoms with van der Waals surface area (Å²) in [6, 6.07) is 9.67. The predicted molar refractivity (Wildman–Crippen MR) is 126 cm³/mol. The molecule has 0 aromatic heterocycles. The number of hydrogen-bond acceptors (Lipinski definition) is 3. The predicted octanol–water partition coefficient (Wildman–Crippen LogP) is 3.73. The molecule has 0 amide bonds. The van der Waals surface area contributed by atoms with Crippen LogP contribution < -0.4 is 10.6 Å². The molecule has 0 radical (unpaired) electrons. The number of benzene rings is 1. The number of piperidine rings is 2. The monoisotopic (exact) mass is 431 g/mol. The van der Waals surface area contributed by atoms with Gasteiger partial charge < -0.3 is 15.5 Å². The fourth-order valence-electron chi connectivity index (χ4n) is 4.78. The second-order valence-corrected chi connectivity index (χ2v) is 9.62. The minimum absolute atomic E-state index is 0.565. The van der Waals surface area contributed by atoms with Gasteiger partial charge in [-0.25, -0.2) is 0 Å². The molecule has 0 spiro atoms. The Morgan fingerprint density at radius 1 is 1.03 bits per heavy atom. The van der Waals surface area contributed by atoms with Crippen LogP contribution in [0.15, 0.2) is 29.3 Å². The first kappa shape index (κ1) is 21.9. The van der Waals surface area contributed by atoms with E-state index in [1.54, 1.807) is 0 Å². The van der Waals surface area contributed by atoms with E-state index in [0.717, 1.165) is 49.7 Å². The van der Waals surface area contributed by atoms with E-state index in [1.807, 2.05) is 12.1 Å². The van der Waals surface area contributed by atoms with E-state index in [9.17, 15) is 0 Å². The van der Waals surface area contributed by atoms with Crippen molar-refractivity contribution in [2.45, 2.75) is 64.1 Å². The summed E-state index contributed by atoms with van der Waals surface area (Å²) in [7, 11) is 0. The van der Waals surface area contributed by atoms with Gasteiger partial charge in [0, 0.05) is 49.8 Å². The van der Waals surface area contributed by atoms with Crippen LogP contribution in [0.4, 0.5) is 0 Å². The van der Waals surface area contributed by atoms with Gasteiger partial charge in [-0.05, 0) is 76.1 Å². The van der Waals surface area contributed by atoms with Gasteiger partial charge in [-0.1, -0.05) is 29.8 Å². The average molecular weight is 432 g/mol. The van der Waals surface area contributed by atoms with Crippen LogP contribution in [0.5, 0.6) is 0 Å². The molecule has 0 atom stereocenters. The van der Waals surface area contributed by atoms with Gasteiger partial charge in [0.15, 0.2) is 5.96 Å². The van der Waals surface area contributed by atoms with Crippen LogP contribution in [-0.4, -0.2) is 67.1 Å². The standard InChI is InChI=1S/C24H38ClN5/c1-2-26-24(28-21-11-15-30(16-12-21)22-7-8-22)27-17-19-9-13-29(14-10-19)18-20-5-3-4-6-23(20)25/h3-6,19,21-22H,2,7-18H2,1H3,(H2,26,27,28). The Morgan fingerprint density at radius 2 is 1.77 bits per heavy atom. The van der Waals surface area contributed by atoms with Crippen LogP contribution in [-0.2, 0) is 6.54 Å². The summed E-state index contributed by atoms with van der Waals surface area (Å²) >= 11 is 6.33. The average Bonchev–Trinajstić information content (AvgIpc) is 3.61. The van der Waals surface area contributed by atoms with Crippen LogP contribution in [0, 0.1) is 5.92 Å². The van der Waals surface area contributed by atoms with Gasteiger partial charge in [0.2, 0.25) is 0 Å². The Balaban J connectivity index is 1.20. The topological polar surface area (TPSA) is 42.9 Å². The molecule has 2 aliphatic heterocycles. The molecule has 4 rings (SSSR count). The third kappa shape index (κ3) is 6.35. The number of nitrogens with one attached hydrogen (secondary N) is 2. The van der Waals surface area contributed by atoms with Crippen LogP contribution in [0.2, 0.25) is 5.02 Å². The number of nitrogens with zero attached hydrogens (tertiary/aromatic N) is 3. The molecule has 0 unspecified atom stereocenters. The number of likely N-dealkylation sites (tertiary alicyclic amines) is 2. The first-order valence-corrected chi connectivity index (χ1v) is 12.3. The highest BCUT2D eigenvalue weighted by molar-refractivity contribution is 6.31. The zero-order valence-electron chi connectivity index (χ0n) is 18.5. The van der Waals surface area contributed by atoms with Crippen molar-refractivity contribution in [1.29, 1.82) is 0 Å². The molecule has 2 N–H and O–H groups in total. The Bertz CT molecular complexity index is 689. The van der Waals surface area contributed by atoms with Gasteiger partial charge >= 0.3 is 0 Å². The van der Waals surface area contributed by atoms with E-state index in [2.05, 4.69) is 39.5 Å². The van der Waals surface area contributed by atoms with Crippen LogP contribution in [0.25, 0.3) is 0 Å². The van der Waals surface area contributed by atoms with E-state index >= 15 is 0 Å². The zero-order chi connectivity index (χ0) is 20.8. The lowest BCUT2D eigenvalue weighted by atomic mass is 9.96. The van der Waals surface area contributed by atoms with Gasteiger partial charge in [-0.3, -0.25) is 9.89 Å². The highest BCUT2D eigenvalue weighted by Crippen LogP contribution is 2.29.